The minimum Gasteiger partial charge on any atom is -0.383 e. The van der Waals surface area contributed by atoms with Crippen molar-refractivity contribution in [3.63, 3.8) is 0 Å². The molecule has 5 rings (SSSR count). The number of imidazole rings is 1. The zero-order valence-corrected chi connectivity index (χ0v) is 17.5. The number of halogens is 1. The van der Waals surface area contributed by atoms with E-state index >= 15 is 0 Å². The Morgan fingerprint density at radius 3 is 2.90 bits per heavy atom. The van der Waals surface area contributed by atoms with Crippen molar-refractivity contribution in [2.45, 2.75) is 44.9 Å². The normalized spacial score (nSPS) is 18.4. The van der Waals surface area contributed by atoms with Gasteiger partial charge >= 0.3 is 0 Å². The Balaban J connectivity index is 1.67. The monoisotopic (exact) mass is 427 g/mol. The van der Waals surface area contributed by atoms with Crippen LogP contribution in [0.2, 0.25) is 0 Å². The first-order valence-corrected chi connectivity index (χ1v) is 10.1. The quantitative estimate of drug-likeness (QED) is 0.483. The number of methoxy groups -OCH3 is 1. The van der Waals surface area contributed by atoms with E-state index in [0.717, 1.165) is 12.8 Å². The molecule has 1 aliphatic rings. The van der Waals surface area contributed by atoms with E-state index in [0.29, 0.717) is 11.3 Å². The fraction of sp³-hybridized carbons (Fsp3) is 0.429. The lowest BCUT2D eigenvalue weighted by molar-refractivity contribution is -0.0207. The maximum absolute atomic E-state index is 14.7. The molecule has 3 aromatic heterocycles. The van der Waals surface area contributed by atoms with Crippen molar-refractivity contribution >= 4 is 16.6 Å². The van der Waals surface area contributed by atoms with Gasteiger partial charge in [0.15, 0.2) is 5.69 Å². The van der Waals surface area contributed by atoms with Gasteiger partial charge in [0, 0.05) is 13.7 Å². The molecule has 0 aliphatic carbocycles. The molecule has 1 atom stereocenters. The second-order valence-corrected chi connectivity index (χ2v) is 8.23. The third-order valence-corrected chi connectivity index (χ3v) is 5.63. The Hall–Kier alpha value is -3.11. The van der Waals surface area contributed by atoms with Crippen LogP contribution >= 0.6 is 0 Å². The average Bonchev–Trinajstić information content (AvgIpc) is 3.45. The van der Waals surface area contributed by atoms with Gasteiger partial charge in [-0.3, -0.25) is 9.20 Å². The highest BCUT2D eigenvalue weighted by Crippen LogP contribution is 2.38. The maximum Gasteiger partial charge on any atom is 0.279 e. The summed E-state index contributed by atoms with van der Waals surface area (Å²) >= 11 is 0. The molecule has 4 heterocycles. The van der Waals surface area contributed by atoms with Gasteiger partial charge < -0.3 is 18.6 Å². The summed E-state index contributed by atoms with van der Waals surface area (Å²) in [7, 11) is 1.53. The predicted octanol–water partition coefficient (Wildman–Crippen LogP) is 3.11. The van der Waals surface area contributed by atoms with E-state index in [1.807, 2.05) is 13.8 Å². The highest BCUT2D eigenvalue weighted by atomic mass is 19.1. The molecule has 1 aromatic carbocycles. The number of para-hydroxylation sites is 1. The molecule has 0 saturated carbocycles. The molecule has 10 heteroatoms. The van der Waals surface area contributed by atoms with Gasteiger partial charge in [-0.15, -0.1) is 0 Å². The topological polar surface area (TPSA) is 96.7 Å². The minimum absolute atomic E-state index is 0.122. The smallest absolute Gasteiger partial charge is 0.279 e. The Morgan fingerprint density at radius 1 is 1.32 bits per heavy atom. The number of benzene rings is 1. The fourth-order valence-electron chi connectivity index (χ4n) is 4.11. The number of nitrogens with zero attached hydrogens (tertiary/aromatic N) is 5. The second kappa shape index (κ2) is 7.24. The lowest BCUT2D eigenvalue weighted by Gasteiger charge is -2.17. The highest BCUT2D eigenvalue weighted by Gasteiger charge is 2.35. The molecule has 162 valence electrons. The molecule has 1 unspecified atom stereocenters. The summed E-state index contributed by atoms with van der Waals surface area (Å²) in [6.07, 6.45) is 2.86. The molecular formula is C21H22FN5O4. The summed E-state index contributed by atoms with van der Waals surface area (Å²) in [6.45, 7) is 4.48. The minimum atomic E-state index is -0.496. The number of ether oxygens (including phenoxy) is 2. The van der Waals surface area contributed by atoms with Crippen molar-refractivity contribution in [2.24, 2.45) is 0 Å². The molecule has 9 nitrogen and oxygen atoms in total. The number of rotatable bonds is 5. The van der Waals surface area contributed by atoms with Crippen LogP contribution in [-0.4, -0.2) is 43.4 Å². The third-order valence-electron chi connectivity index (χ3n) is 5.63. The van der Waals surface area contributed by atoms with Gasteiger partial charge in [0.05, 0.1) is 17.7 Å². The lowest BCUT2D eigenvalue weighted by atomic mass is 10.1. The molecule has 1 saturated heterocycles. The van der Waals surface area contributed by atoms with Crippen molar-refractivity contribution in [3.8, 4) is 11.6 Å². The van der Waals surface area contributed by atoms with Gasteiger partial charge in [-0.1, -0.05) is 11.2 Å². The summed E-state index contributed by atoms with van der Waals surface area (Å²) in [4.78, 5) is 22.2. The predicted molar refractivity (Wildman–Crippen MR) is 109 cm³/mol. The Bertz CT molecular complexity index is 1340. The highest BCUT2D eigenvalue weighted by molar-refractivity contribution is 5.83. The molecule has 1 fully saturated rings. The van der Waals surface area contributed by atoms with Gasteiger partial charge in [-0.25, -0.2) is 9.37 Å². The molecule has 31 heavy (non-hydrogen) atoms. The van der Waals surface area contributed by atoms with Crippen LogP contribution in [0.5, 0.6) is 0 Å². The second-order valence-electron chi connectivity index (χ2n) is 8.23. The van der Waals surface area contributed by atoms with Crippen LogP contribution in [0.4, 0.5) is 4.39 Å². The summed E-state index contributed by atoms with van der Waals surface area (Å²) in [5.74, 6) is 0.0501. The van der Waals surface area contributed by atoms with E-state index in [4.69, 9.17) is 14.0 Å². The number of hydrogen-bond acceptors (Lipinski definition) is 7. The summed E-state index contributed by atoms with van der Waals surface area (Å²) in [5, 5.41) is 4.06. The van der Waals surface area contributed by atoms with Crippen molar-refractivity contribution in [3.05, 3.63) is 46.5 Å². The molecule has 0 radical (unpaired) electrons. The number of hydrogen-bond donors (Lipinski definition) is 0. The molecule has 0 N–H and O–H groups in total. The van der Waals surface area contributed by atoms with E-state index in [2.05, 4.69) is 15.1 Å². The number of aromatic nitrogens is 5. The Morgan fingerprint density at radius 2 is 2.16 bits per heavy atom. The Labute approximate surface area is 176 Å². The van der Waals surface area contributed by atoms with E-state index < -0.39 is 11.4 Å². The van der Waals surface area contributed by atoms with Crippen molar-refractivity contribution in [1.29, 1.82) is 0 Å². The molecular weight excluding hydrogens is 405 g/mol. The van der Waals surface area contributed by atoms with Gasteiger partial charge in [0.25, 0.3) is 11.4 Å². The lowest BCUT2D eigenvalue weighted by Crippen LogP contribution is -2.25. The van der Waals surface area contributed by atoms with Crippen LogP contribution in [-0.2, 0) is 16.0 Å². The molecule has 0 amide bonds. The van der Waals surface area contributed by atoms with Gasteiger partial charge in [-0.05, 0) is 38.8 Å². The van der Waals surface area contributed by atoms with Gasteiger partial charge in [-0.2, -0.15) is 4.98 Å². The van der Waals surface area contributed by atoms with Crippen molar-refractivity contribution in [2.75, 3.05) is 13.7 Å². The number of fused-ring (bicyclic) bond motifs is 3. The van der Waals surface area contributed by atoms with E-state index in [1.165, 1.54) is 24.1 Å². The largest absolute Gasteiger partial charge is 0.383 e. The van der Waals surface area contributed by atoms with Crippen molar-refractivity contribution in [1.82, 2.24) is 24.1 Å². The average molecular weight is 427 g/mol. The molecule has 1 aliphatic heterocycles. The van der Waals surface area contributed by atoms with Gasteiger partial charge in [0.1, 0.15) is 29.3 Å². The zero-order valence-electron chi connectivity index (χ0n) is 17.5. The van der Waals surface area contributed by atoms with Crippen LogP contribution in [0.25, 0.3) is 28.1 Å². The first-order chi connectivity index (χ1) is 14.9. The van der Waals surface area contributed by atoms with Crippen LogP contribution in [0.1, 0.15) is 38.6 Å². The Kier molecular flexibility index (Phi) is 4.63. The molecule has 0 spiro atoms. The summed E-state index contributed by atoms with van der Waals surface area (Å²) in [5.41, 5.74) is 0.513. The summed E-state index contributed by atoms with van der Waals surface area (Å²) < 4.78 is 34.1. The van der Waals surface area contributed by atoms with E-state index in [-0.39, 0.29) is 47.5 Å². The van der Waals surface area contributed by atoms with Crippen molar-refractivity contribution < 1.29 is 18.4 Å². The van der Waals surface area contributed by atoms with Crippen LogP contribution < -0.4 is 5.56 Å². The molecule has 0 bridgehead atoms. The molecule has 4 aromatic rings. The van der Waals surface area contributed by atoms with Crippen LogP contribution in [0.15, 0.2) is 33.8 Å². The standard InChI is InChI=1S/C21H22FN5O4/c1-21(2)8-7-14(30-21)18-24-19(31-25-18)15-17-20(28)26(9-10-29-3)16-12(22)5-4-6-13(16)27(17)11-23-15/h4-6,11,14H,7-10H2,1-3H3. The van der Waals surface area contributed by atoms with E-state index in [1.54, 1.807) is 16.5 Å². The van der Waals surface area contributed by atoms with Crippen LogP contribution in [0.3, 0.4) is 0 Å². The maximum atomic E-state index is 14.7. The fourth-order valence-corrected chi connectivity index (χ4v) is 4.11. The zero-order chi connectivity index (χ0) is 21.8. The SMILES string of the molecule is COCCn1c(=O)c2c(-c3nc(C4CCC(C)(C)O4)no3)ncn2c2cccc(F)c21. The van der Waals surface area contributed by atoms with Crippen LogP contribution in [0, 0.1) is 5.82 Å². The summed E-state index contributed by atoms with van der Waals surface area (Å²) in [6, 6.07) is 4.64. The third kappa shape index (κ3) is 3.22. The van der Waals surface area contributed by atoms with Gasteiger partial charge in [0.2, 0.25) is 5.82 Å². The first kappa shape index (κ1) is 19.8. The first-order valence-electron chi connectivity index (χ1n) is 10.1. The van der Waals surface area contributed by atoms with E-state index in [9.17, 15) is 9.18 Å².